The normalized spacial score (nSPS) is 19.5. The lowest BCUT2D eigenvalue weighted by Gasteiger charge is -2.29. The lowest BCUT2D eigenvalue weighted by molar-refractivity contribution is -0.138. The monoisotopic (exact) mass is 530 g/mol. The van der Waals surface area contributed by atoms with Gasteiger partial charge in [0.1, 0.15) is 12.1 Å². The van der Waals surface area contributed by atoms with Crippen LogP contribution in [0.1, 0.15) is 47.4 Å². The van der Waals surface area contributed by atoms with Gasteiger partial charge in [-0.15, -0.1) is 11.3 Å². The third kappa shape index (κ3) is 5.11. The molecular formula is C29H30N4O4S. The van der Waals surface area contributed by atoms with E-state index < -0.39 is 12.1 Å². The molecule has 2 saturated heterocycles. The lowest BCUT2D eigenvalue weighted by Crippen LogP contribution is -2.53. The second-order valence-electron chi connectivity index (χ2n) is 10.2. The van der Waals surface area contributed by atoms with Gasteiger partial charge in [-0.25, -0.2) is 0 Å². The Hall–Kier alpha value is -3.85. The summed E-state index contributed by atoms with van der Waals surface area (Å²) >= 11 is 1.63. The number of carbonyl (C=O) groups is 4. The summed E-state index contributed by atoms with van der Waals surface area (Å²) in [6.45, 7) is 4.30. The van der Waals surface area contributed by atoms with Crippen molar-refractivity contribution in [1.82, 2.24) is 20.1 Å². The molecule has 1 aromatic carbocycles. The van der Waals surface area contributed by atoms with Crippen LogP contribution in [0.3, 0.4) is 0 Å². The number of aromatic nitrogens is 1. The minimum Gasteiger partial charge on any atom is -0.340 e. The molecule has 3 aromatic rings. The van der Waals surface area contributed by atoms with E-state index in [1.165, 1.54) is 6.20 Å². The molecule has 5 rings (SSSR count). The van der Waals surface area contributed by atoms with Crippen LogP contribution in [0.4, 0.5) is 0 Å². The summed E-state index contributed by atoms with van der Waals surface area (Å²) in [6.07, 6.45) is 4.03. The topological polar surface area (TPSA) is 99.7 Å². The molecule has 1 N–H and O–H groups in total. The van der Waals surface area contributed by atoms with Gasteiger partial charge in [0.05, 0.1) is 18.2 Å². The van der Waals surface area contributed by atoms with Gasteiger partial charge in [-0.3, -0.25) is 24.2 Å². The molecule has 196 valence electrons. The molecule has 2 aliphatic rings. The summed E-state index contributed by atoms with van der Waals surface area (Å²) in [7, 11) is 0. The number of hydrogen-bond acceptors (Lipinski definition) is 6. The minimum absolute atomic E-state index is 0.0371. The molecule has 9 heteroatoms. The van der Waals surface area contributed by atoms with Gasteiger partial charge in [0.2, 0.25) is 5.91 Å². The first-order valence-electron chi connectivity index (χ1n) is 12.8. The largest absolute Gasteiger partial charge is 0.340 e. The van der Waals surface area contributed by atoms with Crippen LogP contribution in [0.25, 0.3) is 10.4 Å². The fourth-order valence-corrected chi connectivity index (χ4v) is 6.09. The summed E-state index contributed by atoms with van der Waals surface area (Å²) in [5.41, 5.74) is 1.91. The summed E-state index contributed by atoms with van der Waals surface area (Å²) in [5, 5.41) is 4.93. The summed E-state index contributed by atoms with van der Waals surface area (Å²) in [6, 6.07) is 12.8. The van der Waals surface area contributed by atoms with Crippen molar-refractivity contribution < 1.29 is 19.2 Å². The maximum absolute atomic E-state index is 13.7. The number of nitrogens with one attached hydrogen (secondary N) is 1. The van der Waals surface area contributed by atoms with E-state index >= 15 is 0 Å². The SMILES string of the molecule is CC(C)CC(NC(=O)c1ccc(-c2cccs2)cc1)C(=O)N1CCC2C1C(=O)CN2C(=O)c1cccnc1. The number of fused-ring (bicyclic) bond motifs is 1. The van der Waals surface area contributed by atoms with Crippen LogP contribution >= 0.6 is 11.3 Å². The highest BCUT2D eigenvalue weighted by Gasteiger charge is 2.52. The number of rotatable bonds is 7. The number of benzene rings is 1. The Morgan fingerprint density at radius 2 is 1.84 bits per heavy atom. The first kappa shape index (κ1) is 25.8. The van der Waals surface area contributed by atoms with E-state index in [0.717, 1.165) is 10.4 Å². The molecule has 2 aromatic heterocycles. The number of amides is 3. The molecule has 0 radical (unpaired) electrons. The number of hydrogen-bond donors (Lipinski definition) is 1. The van der Waals surface area contributed by atoms with E-state index in [0.29, 0.717) is 30.5 Å². The van der Waals surface area contributed by atoms with E-state index in [-0.39, 0.29) is 42.0 Å². The summed E-state index contributed by atoms with van der Waals surface area (Å²) in [4.78, 5) is 61.2. The number of Topliss-reactive ketones (excluding diaryl/α,β-unsaturated/α-hetero) is 1. The molecule has 2 fully saturated rings. The van der Waals surface area contributed by atoms with Crippen molar-refractivity contribution in [3.8, 4) is 10.4 Å². The van der Waals surface area contributed by atoms with Crippen molar-refractivity contribution in [2.75, 3.05) is 13.1 Å². The number of carbonyl (C=O) groups excluding carboxylic acids is 4. The van der Waals surface area contributed by atoms with Crippen LogP contribution in [0, 0.1) is 5.92 Å². The van der Waals surface area contributed by atoms with Crippen LogP contribution in [-0.2, 0) is 9.59 Å². The van der Waals surface area contributed by atoms with Crippen LogP contribution in [-0.4, -0.2) is 69.5 Å². The Balaban J connectivity index is 1.30. The van der Waals surface area contributed by atoms with Gasteiger partial charge in [-0.1, -0.05) is 32.0 Å². The van der Waals surface area contributed by atoms with Crippen molar-refractivity contribution in [2.24, 2.45) is 5.92 Å². The third-order valence-corrected chi connectivity index (χ3v) is 8.06. The van der Waals surface area contributed by atoms with E-state index in [9.17, 15) is 19.2 Å². The number of likely N-dealkylation sites (tertiary alicyclic amines) is 2. The predicted octanol–water partition coefficient (Wildman–Crippen LogP) is 3.65. The van der Waals surface area contributed by atoms with Crippen molar-refractivity contribution in [2.45, 2.75) is 44.8 Å². The standard InChI is InChI=1S/C29H30N4O4S/c1-18(2)15-22(31-27(35)20-9-7-19(8-10-20)25-6-4-14-38-25)29(37)32-13-11-23-26(32)24(34)17-33(23)28(36)21-5-3-12-30-16-21/h3-10,12,14,16,18,22-23,26H,11,13,15,17H2,1-2H3,(H,31,35). The third-order valence-electron chi connectivity index (χ3n) is 7.14. The van der Waals surface area contributed by atoms with E-state index in [1.54, 1.807) is 51.6 Å². The van der Waals surface area contributed by atoms with Crippen LogP contribution in [0.15, 0.2) is 66.3 Å². The van der Waals surface area contributed by atoms with Crippen molar-refractivity contribution >= 4 is 34.8 Å². The number of ketones is 1. The molecular weight excluding hydrogens is 500 g/mol. The number of nitrogens with zero attached hydrogens (tertiary/aromatic N) is 3. The van der Waals surface area contributed by atoms with Gasteiger partial charge in [0.15, 0.2) is 5.78 Å². The molecule has 0 spiro atoms. The highest BCUT2D eigenvalue weighted by molar-refractivity contribution is 7.13. The molecule has 0 aliphatic carbocycles. The molecule has 38 heavy (non-hydrogen) atoms. The minimum atomic E-state index is -0.769. The zero-order chi connectivity index (χ0) is 26.8. The van der Waals surface area contributed by atoms with Crippen LogP contribution in [0.5, 0.6) is 0 Å². The zero-order valence-electron chi connectivity index (χ0n) is 21.4. The second-order valence-corrected chi connectivity index (χ2v) is 11.1. The van der Waals surface area contributed by atoms with Gasteiger partial charge in [0.25, 0.3) is 11.8 Å². The maximum Gasteiger partial charge on any atom is 0.256 e. The maximum atomic E-state index is 13.7. The summed E-state index contributed by atoms with van der Waals surface area (Å²) in [5.74, 6) is -0.877. The Bertz CT molecular complexity index is 1320. The zero-order valence-corrected chi connectivity index (χ0v) is 22.2. The Labute approximate surface area is 225 Å². The first-order valence-corrected chi connectivity index (χ1v) is 13.7. The first-order chi connectivity index (χ1) is 18.3. The molecule has 8 nitrogen and oxygen atoms in total. The highest BCUT2D eigenvalue weighted by atomic mass is 32.1. The second kappa shape index (κ2) is 10.9. The van der Waals surface area contributed by atoms with Crippen LogP contribution in [0.2, 0.25) is 0 Å². The lowest BCUT2D eigenvalue weighted by atomic mass is 10.0. The predicted molar refractivity (Wildman–Crippen MR) is 145 cm³/mol. The average Bonchev–Trinajstić information content (AvgIpc) is 3.67. The smallest absolute Gasteiger partial charge is 0.256 e. The molecule has 4 heterocycles. The molecule has 0 saturated carbocycles. The van der Waals surface area contributed by atoms with Gasteiger partial charge in [-0.2, -0.15) is 0 Å². The fourth-order valence-electron chi connectivity index (χ4n) is 5.36. The van der Waals surface area contributed by atoms with E-state index in [2.05, 4.69) is 10.3 Å². The van der Waals surface area contributed by atoms with E-state index in [4.69, 9.17) is 0 Å². The van der Waals surface area contributed by atoms with E-state index in [1.807, 2.05) is 43.5 Å². The molecule has 0 bridgehead atoms. The molecule has 2 aliphatic heterocycles. The Morgan fingerprint density at radius 3 is 2.50 bits per heavy atom. The molecule has 3 atom stereocenters. The van der Waals surface area contributed by atoms with Gasteiger partial charge in [-0.05, 0) is 60.0 Å². The number of thiophene rings is 1. The molecule has 3 unspecified atom stereocenters. The fraction of sp³-hybridized carbons (Fsp3) is 0.345. The van der Waals surface area contributed by atoms with Crippen LogP contribution < -0.4 is 5.32 Å². The quantitative estimate of drug-likeness (QED) is 0.503. The Morgan fingerprint density at radius 1 is 1.05 bits per heavy atom. The van der Waals surface area contributed by atoms with Gasteiger partial charge < -0.3 is 15.1 Å². The molecule has 3 amide bonds. The van der Waals surface area contributed by atoms with Crippen molar-refractivity contribution in [3.05, 3.63) is 77.4 Å². The van der Waals surface area contributed by atoms with Crippen molar-refractivity contribution in [1.29, 1.82) is 0 Å². The van der Waals surface area contributed by atoms with Gasteiger partial charge in [0, 0.05) is 29.4 Å². The van der Waals surface area contributed by atoms with Gasteiger partial charge >= 0.3 is 0 Å². The summed E-state index contributed by atoms with van der Waals surface area (Å²) < 4.78 is 0. The van der Waals surface area contributed by atoms with Crippen molar-refractivity contribution in [3.63, 3.8) is 0 Å². The Kier molecular flexibility index (Phi) is 7.37. The number of pyridine rings is 1. The average molecular weight is 531 g/mol. The highest BCUT2D eigenvalue weighted by Crippen LogP contribution is 2.32.